The Morgan fingerprint density at radius 3 is 1.98 bits per heavy atom. The topological polar surface area (TPSA) is 53.0 Å². The summed E-state index contributed by atoms with van der Waals surface area (Å²) >= 11 is 0. The molecule has 0 unspecified atom stereocenters. The maximum Gasteiger partial charge on any atom is 0.129 e. The van der Waals surface area contributed by atoms with Crippen LogP contribution in [0.1, 0.15) is 195 Å². The first kappa shape index (κ1) is 48.3. The quantitative estimate of drug-likeness (QED) is 0.0750. The first-order chi connectivity index (χ1) is 24.8. The number of aliphatic hydroxyl groups excluding tert-OH is 1. The van der Waals surface area contributed by atoms with E-state index in [4.69, 9.17) is 9.84 Å². The van der Waals surface area contributed by atoms with Crippen molar-refractivity contribution in [3.05, 3.63) is 18.1 Å². The van der Waals surface area contributed by atoms with E-state index in [1.807, 2.05) is 0 Å². The third-order valence-electron chi connectivity index (χ3n) is 11.3. The van der Waals surface area contributed by atoms with E-state index in [0.717, 1.165) is 51.0 Å². The smallest absolute Gasteiger partial charge is 0.129 e. The second-order valence-electron chi connectivity index (χ2n) is 16.8. The number of Topliss-reactive ketones (excluding diaryl/α,β-unsaturated/α-hetero) is 1. The average molecular weight is 718 g/mol. The number of likely N-dealkylation sites (tertiary alicyclic amines) is 2. The molecular weight excluding hydrogens is 629 g/mol. The van der Waals surface area contributed by atoms with Gasteiger partial charge in [-0.05, 0) is 89.8 Å². The number of unbranched alkanes of at least 4 members (excludes halogenated alkanes) is 13. The molecule has 301 valence electrons. The number of aliphatic hydroxyl groups is 1. The summed E-state index contributed by atoms with van der Waals surface area (Å²) < 4.78 is 6.01. The maximum absolute atomic E-state index is 10.9. The van der Waals surface area contributed by atoms with Gasteiger partial charge in [0.15, 0.2) is 0 Å². The van der Waals surface area contributed by atoms with Crippen LogP contribution in [-0.2, 0) is 9.53 Å². The number of hydrogen-bond acceptors (Lipinski definition) is 5. The molecule has 2 fully saturated rings. The zero-order valence-corrected chi connectivity index (χ0v) is 35.2. The van der Waals surface area contributed by atoms with E-state index in [1.165, 1.54) is 161 Å². The summed E-state index contributed by atoms with van der Waals surface area (Å²) in [5.74, 6) is 2.72. The lowest BCUT2D eigenvalue weighted by molar-refractivity contribution is -0.117. The van der Waals surface area contributed by atoms with Crippen molar-refractivity contribution in [2.24, 2.45) is 17.8 Å². The van der Waals surface area contributed by atoms with Gasteiger partial charge < -0.3 is 19.5 Å². The third kappa shape index (κ3) is 29.3. The summed E-state index contributed by atoms with van der Waals surface area (Å²) in [5, 5.41) is 8.66. The molecular formula is C46H89N2O3. The van der Waals surface area contributed by atoms with Gasteiger partial charge in [-0.2, -0.15) is 0 Å². The second kappa shape index (κ2) is 33.8. The molecule has 3 rings (SSSR count). The van der Waals surface area contributed by atoms with E-state index >= 15 is 0 Å². The highest BCUT2D eigenvalue weighted by atomic mass is 16.5. The first-order valence-electron chi connectivity index (χ1n) is 22.5. The third-order valence-corrected chi connectivity index (χ3v) is 11.3. The van der Waals surface area contributed by atoms with Crippen molar-refractivity contribution < 1.29 is 14.6 Å². The van der Waals surface area contributed by atoms with Crippen molar-refractivity contribution in [3.8, 4) is 0 Å². The number of hydrogen-bond donors (Lipinski definition) is 1. The Bertz CT molecular complexity index is 806. The summed E-state index contributed by atoms with van der Waals surface area (Å²) in [7, 11) is 2.09. The van der Waals surface area contributed by atoms with Crippen LogP contribution < -0.4 is 0 Å². The van der Waals surface area contributed by atoms with Gasteiger partial charge in [0.2, 0.25) is 0 Å². The molecule has 51 heavy (non-hydrogen) atoms. The van der Waals surface area contributed by atoms with Crippen LogP contribution in [0.4, 0.5) is 0 Å². The van der Waals surface area contributed by atoms with E-state index in [1.54, 1.807) is 12.5 Å². The predicted molar refractivity (Wildman–Crippen MR) is 222 cm³/mol. The molecule has 0 amide bonds. The summed E-state index contributed by atoms with van der Waals surface area (Å²) in [5.41, 5.74) is 1.60. The van der Waals surface area contributed by atoms with Gasteiger partial charge in [-0.1, -0.05) is 148 Å². The Balaban J connectivity index is 0.000000440. The zero-order valence-electron chi connectivity index (χ0n) is 35.2. The monoisotopic (exact) mass is 718 g/mol. The highest BCUT2D eigenvalue weighted by molar-refractivity contribution is 5.75. The van der Waals surface area contributed by atoms with Crippen molar-refractivity contribution in [1.29, 1.82) is 0 Å². The fourth-order valence-corrected chi connectivity index (χ4v) is 7.90. The maximum atomic E-state index is 10.9. The van der Waals surface area contributed by atoms with E-state index in [0.29, 0.717) is 24.3 Å². The molecule has 0 saturated carbocycles. The van der Waals surface area contributed by atoms with Crippen LogP contribution in [0.5, 0.6) is 0 Å². The normalized spacial score (nSPS) is 20.2. The fraction of sp³-hybridized carbons (Fsp3) is 0.913. The molecule has 0 spiro atoms. The van der Waals surface area contributed by atoms with Crippen molar-refractivity contribution in [2.75, 3.05) is 53.0 Å². The largest absolute Gasteiger partial charge is 0.396 e. The van der Waals surface area contributed by atoms with Crippen LogP contribution in [0.25, 0.3) is 0 Å². The number of rotatable bonds is 30. The highest BCUT2D eigenvalue weighted by Gasteiger charge is 2.29. The van der Waals surface area contributed by atoms with Gasteiger partial charge in [0.25, 0.3) is 0 Å². The van der Waals surface area contributed by atoms with Gasteiger partial charge in [0.1, 0.15) is 5.78 Å². The highest BCUT2D eigenvalue weighted by Crippen LogP contribution is 2.28. The molecule has 2 heterocycles. The average Bonchev–Trinajstić information content (AvgIpc) is 3.73. The van der Waals surface area contributed by atoms with Crippen LogP contribution in [0, 0.1) is 24.2 Å². The van der Waals surface area contributed by atoms with Crippen LogP contribution in [0.3, 0.4) is 0 Å². The Hall–Kier alpha value is -0.750. The van der Waals surface area contributed by atoms with Crippen molar-refractivity contribution >= 4 is 5.78 Å². The van der Waals surface area contributed by atoms with Crippen LogP contribution in [-0.4, -0.2) is 79.8 Å². The van der Waals surface area contributed by atoms with Gasteiger partial charge in [-0.3, -0.25) is 4.90 Å². The van der Waals surface area contributed by atoms with Gasteiger partial charge >= 0.3 is 0 Å². The van der Waals surface area contributed by atoms with Crippen molar-refractivity contribution in [1.82, 2.24) is 9.80 Å². The number of allylic oxidation sites excluding steroid dienone is 2. The molecule has 2 saturated heterocycles. The summed E-state index contributed by atoms with van der Waals surface area (Å²) in [4.78, 5) is 15.9. The second-order valence-corrected chi connectivity index (χ2v) is 16.8. The van der Waals surface area contributed by atoms with E-state index in [2.05, 4.69) is 57.0 Å². The van der Waals surface area contributed by atoms with Gasteiger partial charge in [0, 0.05) is 45.2 Å². The minimum atomic E-state index is 0.333. The van der Waals surface area contributed by atoms with Gasteiger partial charge in [-0.25, -0.2) is 0 Å². The molecule has 0 aromatic carbocycles. The molecule has 0 aromatic rings. The molecule has 1 radical (unpaired) electrons. The van der Waals surface area contributed by atoms with E-state index in [9.17, 15) is 4.79 Å². The lowest BCUT2D eigenvalue weighted by Crippen LogP contribution is -2.34. The molecule has 5 nitrogen and oxygen atoms in total. The molecule has 1 aliphatic carbocycles. The number of ketones is 1. The number of carbonyl (C=O) groups excluding carboxylic acids is 1. The summed E-state index contributed by atoms with van der Waals surface area (Å²) in [6.07, 6.45) is 37.7. The molecule has 5 heteroatoms. The summed E-state index contributed by atoms with van der Waals surface area (Å²) in [6.45, 7) is 17.9. The molecule has 3 atom stereocenters. The predicted octanol–water partition coefficient (Wildman–Crippen LogP) is 12.0. The van der Waals surface area contributed by atoms with Gasteiger partial charge in [0.05, 0.1) is 6.61 Å². The molecule has 2 aliphatic heterocycles. The van der Waals surface area contributed by atoms with Crippen molar-refractivity contribution in [3.63, 3.8) is 0 Å². The minimum Gasteiger partial charge on any atom is -0.396 e. The van der Waals surface area contributed by atoms with Crippen LogP contribution in [0.15, 0.2) is 11.6 Å². The Morgan fingerprint density at radius 1 is 0.824 bits per heavy atom. The fourth-order valence-electron chi connectivity index (χ4n) is 7.90. The zero-order chi connectivity index (χ0) is 37.4. The molecule has 0 bridgehead atoms. The lowest BCUT2D eigenvalue weighted by Gasteiger charge is -2.24. The number of carbonyl (C=O) groups is 1. The SMILES string of the molecule is CCCCCC(CCCCC)CCCC1=C[CH]1.CCCCCCCCOC[C@@H]1C[C@H](C)CN1CCCCCCCC(C)=O.CN1CC[C@@H](CO)C1. The van der Waals surface area contributed by atoms with Crippen LogP contribution >= 0.6 is 0 Å². The Labute approximate surface area is 319 Å². The summed E-state index contributed by atoms with van der Waals surface area (Å²) in [6, 6.07) is 0.641. The van der Waals surface area contributed by atoms with Crippen LogP contribution in [0.2, 0.25) is 0 Å². The minimum absolute atomic E-state index is 0.333. The van der Waals surface area contributed by atoms with E-state index in [-0.39, 0.29) is 0 Å². The number of nitrogens with zero attached hydrogens (tertiary/aromatic N) is 2. The van der Waals surface area contributed by atoms with Crippen molar-refractivity contribution in [2.45, 2.75) is 201 Å². The lowest BCUT2D eigenvalue weighted by atomic mass is 9.90. The standard InChI is InChI=1S/C23H45NO2.C17H31.C6H13NO/c1-4-5-6-7-11-14-17-26-20-23-18-21(2)19-24(23)16-13-10-8-9-12-15-22(3)25;1-3-5-7-10-16(11-8-6-4-2)12-9-13-17-14-15-17;1-7-3-2-6(4-7)5-8/h21,23H,4-20H2,1-3H3;14-16H,3-13H2,1-2H3;6,8H,2-5H2,1H3/t21-,23-;;6-/m0.1/s1. The number of ether oxygens (including phenoxy) is 1. The first-order valence-corrected chi connectivity index (χ1v) is 22.5. The molecule has 1 N–H and O–H groups in total. The van der Waals surface area contributed by atoms with E-state index < -0.39 is 0 Å². The van der Waals surface area contributed by atoms with Gasteiger partial charge in [-0.15, -0.1) is 0 Å². The Morgan fingerprint density at radius 2 is 1.41 bits per heavy atom. The molecule has 3 aliphatic rings. The Kier molecular flexibility index (Phi) is 32.0. The molecule has 0 aromatic heterocycles.